The lowest BCUT2D eigenvalue weighted by Crippen LogP contribution is -2.26. The van der Waals surface area contributed by atoms with Gasteiger partial charge in [0, 0.05) is 12.6 Å². The highest BCUT2D eigenvalue weighted by Gasteiger charge is 2.24. The molecule has 0 radical (unpaired) electrons. The van der Waals surface area contributed by atoms with Gasteiger partial charge in [0.25, 0.3) is 5.91 Å². The van der Waals surface area contributed by atoms with Crippen LogP contribution in [0.3, 0.4) is 0 Å². The van der Waals surface area contributed by atoms with Crippen molar-refractivity contribution in [1.82, 2.24) is 9.88 Å². The van der Waals surface area contributed by atoms with Gasteiger partial charge in [-0.15, -0.1) is 11.3 Å². The number of thiophene rings is 1. The molecule has 3 rings (SSSR count). The predicted molar refractivity (Wildman–Crippen MR) is 75.3 cm³/mol. The number of carbonyl (C=O) groups is 1. The minimum absolute atomic E-state index is 0.0628. The first-order chi connectivity index (χ1) is 8.81. The summed E-state index contributed by atoms with van der Waals surface area (Å²) >= 11 is 1.72. The Bertz CT molecular complexity index is 563. The van der Waals surface area contributed by atoms with Gasteiger partial charge < -0.3 is 9.88 Å². The second-order valence-electron chi connectivity index (χ2n) is 4.87. The Labute approximate surface area is 111 Å². The molecule has 0 saturated heterocycles. The standard InChI is InChI=1S/C14H18N2OS/c1-2-15-14(17)12-9-13-11(7-8-18-13)16(12)10-5-3-4-6-10/h7-10H,2-6H2,1H3,(H,15,17). The van der Waals surface area contributed by atoms with E-state index in [4.69, 9.17) is 0 Å². The predicted octanol–water partition coefficient (Wildman–Crippen LogP) is 3.57. The molecule has 0 atom stereocenters. The molecule has 0 aliphatic heterocycles. The molecule has 0 unspecified atom stereocenters. The second kappa shape index (κ2) is 4.76. The van der Waals surface area contributed by atoms with Crippen molar-refractivity contribution in [2.75, 3.05) is 6.54 Å². The first kappa shape index (κ1) is 11.8. The molecule has 2 aromatic rings. The van der Waals surface area contributed by atoms with E-state index in [2.05, 4.69) is 21.3 Å². The van der Waals surface area contributed by atoms with Crippen molar-refractivity contribution in [2.24, 2.45) is 0 Å². The summed E-state index contributed by atoms with van der Waals surface area (Å²) in [7, 11) is 0. The molecule has 96 valence electrons. The Hall–Kier alpha value is -1.29. The van der Waals surface area contributed by atoms with Crippen molar-refractivity contribution in [3.63, 3.8) is 0 Å². The van der Waals surface area contributed by atoms with Gasteiger partial charge in [-0.25, -0.2) is 0 Å². The largest absolute Gasteiger partial charge is 0.351 e. The van der Waals surface area contributed by atoms with Crippen LogP contribution in [0.2, 0.25) is 0 Å². The fraction of sp³-hybridized carbons (Fsp3) is 0.500. The lowest BCUT2D eigenvalue weighted by molar-refractivity contribution is 0.0945. The van der Waals surface area contributed by atoms with E-state index in [9.17, 15) is 4.79 Å². The Balaban J connectivity index is 2.08. The van der Waals surface area contributed by atoms with Crippen LogP contribution in [-0.2, 0) is 0 Å². The van der Waals surface area contributed by atoms with Gasteiger partial charge >= 0.3 is 0 Å². The van der Waals surface area contributed by atoms with Crippen LogP contribution in [0.1, 0.15) is 49.1 Å². The lowest BCUT2D eigenvalue weighted by Gasteiger charge is -2.16. The SMILES string of the molecule is CCNC(=O)c1cc2sccc2n1C1CCCC1. The highest BCUT2D eigenvalue weighted by molar-refractivity contribution is 7.17. The number of hydrogen-bond acceptors (Lipinski definition) is 2. The van der Waals surface area contributed by atoms with Gasteiger partial charge in [0.2, 0.25) is 0 Å². The first-order valence-electron chi connectivity index (χ1n) is 6.68. The number of nitrogens with zero attached hydrogens (tertiary/aromatic N) is 1. The van der Waals surface area contributed by atoms with Gasteiger partial charge in [0.1, 0.15) is 5.69 Å². The van der Waals surface area contributed by atoms with E-state index >= 15 is 0 Å². The van der Waals surface area contributed by atoms with Crippen LogP contribution in [0.4, 0.5) is 0 Å². The summed E-state index contributed by atoms with van der Waals surface area (Å²) in [6, 6.07) is 4.69. The minimum atomic E-state index is 0.0628. The summed E-state index contributed by atoms with van der Waals surface area (Å²) in [5.74, 6) is 0.0628. The molecule has 1 fully saturated rings. The van der Waals surface area contributed by atoms with Gasteiger partial charge in [0.15, 0.2) is 0 Å². The molecule has 2 heterocycles. The summed E-state index contributed by atoms with van der Waals surface area (Å²) in [6.45, 7) is 2.64. The zero-order valence-corrected chi connectivity index (χ0v) is 11.4. The zero-order chi connectivity index (χ0) is 12.5. The van der Waals surface area contributed by atoms with Crippen LogP contribution < -0.4 is 5.32 Å². The highest BCUT2D eigenvalue weighted by atomic mass is 32.1. The number of carbonyl (C=O) groups excluding carboxylic acids is 1. The van der Waals surface area contributed by atoms with Gasteiger partial charge in [-0.3, -0.25) is 4.79 Å². The van der Waals surface area contributed by atoms with E-state index in [0.29, 0.717) is 12.6 Å². The molecule has 1 amide bonds. The topological polar surface area (TPSA) is 34.0 Å². The fourth-order valence-corrected chi connectivity index (χ4v) is 3.74. The van der Waals surface area contributed by atoms with Gasteiger partial charge in [-0.05, 0) is 37.3 Å². The molecule has 1 saturated carbocycles. The van der Waals surface area contributed by atoms with Crippen molar-refractivity contribution in [2.45, 2.75) is 38.6 Å². The number of rotatable bonds is 3. The van der Waals surface area contributed by atoms with Gasteiger partial charge in [-0.2, -0.15) is 0 Å². The Morgan fingerprint density at radius 3 is 3.00 bits per heavy atom. The normalized spacial score (nSPS) is 16.5. The summed E-state index contributed by atoms with van der Waals surface area (Å²) in [6.07, 6.45) is 4.96. The van der Waals surface area contributed by atoms with E-state index in [1.54, 1.807) is 11.3 Å². The first-order valence-corrected chi connectivity index (χ1v) is 7.56. The van der Waals surface area contributed by atoms with Crippen LogP contribution in [0.25, 0.3) is 10.2 Å². The molecular weight excluding hydrogens is 244 g/mol. The fourth-order valence-electron chi connectivity index (χ4n) is 2.93. The Morgan fingerprint density at radius 1 is 1.50 bits per heavy atom. The van der Waals surface area contributed by atoms with E-state index in [-0.39, 0.29) is 5.91 Å². The van der Waals surface area contributed by atoms with Crippen molar-refractivity contribution in [3.05, 3.63) is 23.2 Å². The summed E-state index contributed by atoms with van der Waals surface area (Å²) in [5, 5.41) is 5.03. The van der Waals surface area contributed by atoms with E-state index in [1.165, 1.54) is 35.9 Å². The molecule has 2 aromatic heterocycles. The highest BCUT2D eigenvalue weighted by Crippen LogP contribution is 2.36. The quantitative estimate of drug-likeness (QED) is 0.901. The number of nitrogens with one attached hydrogen (secondary N) is 1. The smallest absolute Gasteiger partial charge is 0.267 e. The third-order valence-electron chi connectivity index (χ3n) is 3.72. The maximum atomic E-state index is 12.2. The van der Waals surface area contributed by atoms with Crippen molar-refractivity contribution in [1.29, 1.82) is 0 Å². The maximum absolute atomic E-state index is 12.2. The molecule has 18 heavy (non-hydrogen) atoms. The third kappa shape index (κ3) is 1.85. The maximum Gasteiger partial charge on any atom is 0.267 e. The Kier molecular flexibility index (Phi) is 3.12. The monoisotopic (exact) mass is 262 g/mol. The summed E-state index contributed by atoms with van der Waals surface area (Å²) in [5.41, 5.74) is 2.07. The van der Waals surface area contributed by atoms with Gasteiger partial charge in [-0.1, -0.05) is 12.8 Å². The number of hydrogen-bond donors (Lipinski definition) is 1. The van der Waals surface area contributed by atoms with E-state index < -0.39 is 0 Å². The summed E-state index contributed by atoms with van der Waals surface area (Å²) < 4.78 is 3.49. The van der Waals surface area contributed by atoms with E-state index in [0.717, 1.165) is 5.69 Å². The van der Waals surface area contributed by atoms with E-state index in [1.807, 2.05) is 13.0 Å². The third-order valence-corrected chi connectivity index (χ3v) is 4.57. The van der Waals surface area contributed by atoms with Crippen LogP contribution in [0, 0.1) is 0 Å². The minimum Gasteiger partial charge on any atom is -0.351 e. The number of aromatic nitrogens is 1. The molecule has 0 bridgehead atoms. The molecule has 3 nitrogen and oxygen atoms in total. The number of amides is 1. The molecule has 1 aliphatic rings. The molecular formula is C14H18N2OS. The van der Waals surface area contributed by atoms with Crippen LogP contribution in [0.15, 0.2) is 17.5 Å². The average Bonchev–Trinajstić information content (AvgIpc) is 3.04. The molecule has 1 aliphatic carbocycles. The van der Waals surface area contributed by atoms with Crippen molar-refractivity contribution < 1.29 is 4.79 Å². The van der Waals surface area contributed by atoms with Gasteiger partial charge in [0.05, 0.1) is 10.2 Å². The molecule has 0 spiro atoms. The molecule has 0 aromatic carbocycles. The second-order valence-corrected chi connectivity index (χ2v) is 5.82. The molecule has 1 N–H and O–H groups in total. The van der Waals surface area contributed by atoms with Crippen molar-refractivity contribution in [3.8, 4) is 0 Å². The molecule has 4 heteroatoms. The average molecular weight is 262 g/mol. The van der Waals surface area contributed by atoms with Crippen LogP contribution in [0.5, 0.6) is 0 Å². The zero-order valence-electron chi connectivity index (χ0n) is 10.6. The lowest BCUT2D eigenvalue weighted by atomic mass is 10.2. The number of fused-ring (bicyclic) bond motifs is 1. The van der Waals surface area contributed by atoms with Crippen LogP contribution >= 0.6 is 11.3 Å². The Morgan fingerprint density at radius 2 is 2.28 bits per heavy atom. The van der Waals surface area contributed by atoms with Crippen molar-refractivity contribution >= 4 is 27.5 Å². The van der Waals surface area contributed by atoms with Crippen LogP contribution in [-0.4, -0.2) is 17.0 Å². The summed E-state index contributed by atoms with van der Waals surface area (Å²) in [4.78, 5) is 12.2.